The molecule has 1 N–H and O–H groups in total. The van der Waals surface area contributed by atoms with Crippen molar-refractivity contribution in [1.82, 2.24) is 9.88 Å². The van der Waals surface area contributed by atoms with E-state index in [0.29, 0.717) is 10.0 Å². The number of nitriles is 1. The fourth-order valence-corrected chi connectivity index (χ4v) is 3.92. The quantitative estimate of drug-likeness (QED) is 0.626. The Balaban J connectivity index is 1.83. The third-order valence-electron chi connectivity index (χ3n) is 4.72. The minimum absolute atomic E-state index is 0.102. The summed E-state index contributed by atoms with van der Waals surface area (Å²) in [6, 6.07) is 2.91. The lowest BCUT2D eigenvalue weighted by Gasteiger charge is -2.47. The van der Waals surface area contributed by atoms with Crippen LogP contribution < -0.4 is 5.32 Å². The molecule has 1 heterocycles. The summed E-state index contributed by atoms with van der Waals surface area (Å²) in [6.07, 6.45) is 3.72. The summed E-state index contributed by atoms with van der Waals surface area (Å²) in [6.45, 7) is 5.78. The van der Waals surface area contributed by atoms with Gasteiger partial charge in [-0.2, -0.15) is 5.26 Å². The van der Waals surface area contributed by atoms with Crippen LogP contribution in [0.25, 0.3) is 0 Å². The van der Waals surface area contributed by atoms with Crippen LogP contribution >= 0.6 is 11.3 Å². The number of anilines is 2. The Kier molecular flexibility index (Phi) is 4.67. The second-order valence-corrected chi connectivity index (χ2v) is 8.23. The topological polar surface area (TPSA) is 69.0 Å². The van der Waals surface area contributed by atoms with Crippen LogP contribution in [0, 0.1) is 35.4 Å². The van der Waals surface area contributed by atoms with Gasteiger partial charge in [0.1, 0.15) is 17.3 Å². The van der Waals surface area contributed by atoms with Gasteiger partial charge in [-0.1, -0.05) is 13.8 Å². The van der Waals surface area contributed by atoms with Crippen LogP contribution in [0.5, 0.6) is 0 Å². The predicted octanol–water partition coefficient (Wildman–Crippen LogP) is 4.59. The van der Waals surface area contributed by atoms with E-state index in [4.69, 9.17) is 0 Å². The fraction of sp³-hybridized carbons (Fsp3) is 0.389. The van der Waals surface area contributed by atoms with Gasteiger partial charge in [0.05, 0.1) is 6.04 Å². The monoisotopic (exact) mass is 376 g/mol. The lowest BCUT2D eigenvalue weighted by molar-refractivity contribution is 0.0271. The first kappa shape index (κ1) is 18.3. The standard InChI is InChI=1S/C18H18F2N4OS/c1-10-15(16(25)24(9-21)14-4-5-18(14,2)3)23-17(26-10)22-13-7-11(19)6-12(20)8-13/h6-8,14H,4-5H2,1-3H3,(H,22,23). The molecule has 1 unspecified atom stereocenters. The second kappa shape index (κ2) is 6.65. The zero-order valence-electron chi connectivity index (χ0n) is 14.6. The first-order chi connectivity index (χ1) is 12.2. The molecule has 1 aromatic carbocycles. The summed E-state index contributed by atoms with van der Waals surface area (Å²) in [5.41, 5.74) is 0.279. The van der Waals surface area contributed by atoms with Crippen LogP contribution in [0.4, 0.5) is 19.6 Å². The van der Waals surface area contributed by atoms with Gasteiger partial charge >= 0.3 is 0 Å². The molecule has 1 aliphatic rings. The molecule has 1 saturated carbocycles. The first-order valence-corrected chi connectivity index (χ1v) is 8.97. The van der Waals surface area contributed by atoms with Crippen molar-refractivity contribution < 1.29 is 13.6 Å². The van der Waals surface area contributed by atoms with Crippen molar-refractivity contribution in [3.8, 4) is 6.19 Å². The number of amides is 1. The number of carbonyl (C=O) groups excluding carboxylic acids is 1. The number of nitrogens with one attached hydrogen (secondary N) is 1. The zero-order valence-corrected chi connectivity index (χ0v) is 15.5. The highest BCUT2D eigenvalue weighted by Crippen LogP contribution is 2.44. The van der Waals surface area contributed by atoms with Gasteiger partial charge < -0.3 is 5.32 Å². The normalized spacial score (nSPS) is 17.9. The van der Waals surface area contributed by atoms with E-state index in [-0.39, 0.29) is 22.8 Å². The van der Waals surface area contributed by atoms with E-state index in [0.717, 1.165) is 31.0 Å². The molecule has 1 amide bonds. The fourth-order valence-electron chi connectivity index (χ4n) is 3.10. The number of halogens is 2. The molecule has 1 atom stereocenters. The van der Waals surface area contributed by atoms with E-state index >= 15 is 0 Å². The molecular weight excluding hydrogens is 358 g/mol. The summed E-state index contributed by atoms with van der Waals surface area (Å²) in [7, 11) is 0. The zero-order chi connectivity index (χ0) is 19.1. The van der Waals surface area contributed by atoms with Gasteiger partial charge in [0.2, 0.25) is 0 Å². The van der Waals surface area contributed by atoms with Crippen molar-refractivity contribution in [2.75, 3.05) is 5.32 Å². The third-order valence-corrected chi connectivity index (χ3v) is 5.60. The van der Waals surface area contributed by atoms with E-state index in [1.54, 1.807) is 6.92 Å². The average molecular weight is 376 g/mol. The molecule has 26 heavy (non-hydrogen) atoms. The number of hydrogen-bond acceptors (Lipinski definition) is 5. The highest BCUT2D eigenvalue weighted by molar-refractivity contribution is 7.15. The molecule has 1 fully saturated rings. The molecule has 8 heteroatoms. The van der Waals surface area contributed by atoms with Gasteiger partial charge in [-0.05, 0) is 37.3 Å². The summed E-state index contributed by atoms with van der Waals surface area (Å²) < 4.78 is 26.6. The van der Waals surface area contributed by atoms with Crippen LogP contribution in [0.1, 0.15) is 42.1 Å². The molecular formula is C18H18F2N4OS. The van der Waals surface area contributed by atoms with Gasteiger partial charge in [-0.3, -0.25) is 4.79 Å². The van der Waals surface area contributed by atoms with E-state index < -0.39 is 17.5 Å². The number of aryl methyl sites for hydroxylation is 1. The molecule has 2 aromatic rings. The Hall–Kier alpha value is -2.53. The minimum atomic E-state index is -0.708. The number of hydrogen-bond donors (Lipinski definition) is 1. The number of carbonyl (C=O) groups is 1. The summed E-state index contributed by atoms with van der Waals surface area (Å²) in [5.74, 6) is -1.86. The molecule has 136 valence electrons. The SMILES string of the molecule is Cc1sc(Nc2cc(F)cc(F)c2)nc1C(=O)N(C#N)C1CCC1(C)C. The average Bonchev–Trinajstić information content (AvgIpc) is 2.90. The Morgan fingerprint density at radius 3 is 2.54 bits per heavy atom. The number of aromatic nitrogens is 1. The number of benzene rings is 1. The van der Waals surface area contributed by atoms with E-state index in [9.17, 15) is 18.8 Å². The molecule has 3 rings (SSSR count). The van der Waals surface area contributed by atoms with Crippen molar-refractivity contribution >= 4 is 28.1 Å². The predicted molar refractivity (Wildman–Crippen MR) is 95.1 cm³/mol. The maximum absolute atomic E-state index is 13.3. The maximum atomic E-state index is 13.3. The smallest absolute Gasteiger partial charge is 0.286 e. The van der Waals surface area contributed by atoms with Gasteiger partial charge in [0.25, 0.3) is 5.91 Å². The molecule has 0 spiro atoms. The van der Waals surface area contributed by atoms with Crippen molar-refractivity contribution in [1.29, 1.82) is 5.26 Å². The summed E-state index contributed by atoms with van der Waals surface area (Å²) >= 11 is 1.19. The van der Waals surface area contributed by atoms with Gasteiger partial charge in [0, 0.05) is 16.6 Å². The Morgan fingerprint density at radius 2 is 2.04 bits per heavy atom. The van der Waals surface area contributed by atoms with E-state index in [2.05, 4.69) is 10.3 Å². The maximum Gasteiger partial charge on any atom is 0.286 e. The second-order valence-electron chi connectivity index (χ2n) is 7.03. The van der Waals surface area contributed by atoms with Crippen LogP contribution in [-0.4, -0.2) is 21.8 Å². The third kappa shape index (κ3) is 3.40. The van der Waals surface area contributed by atoms with Crippen molar-refractivity contribution in [3.05, 3.63) is 40.4 Å². The molecule has 1 aromatic heterocycles. The van der Waals surface area contributed by atoms with Gasteiger partial charge in [-0.15, -0.1) is 11.3 Å². The van der Waals surface area contributed by atoms with Crippen LogP contribution in [0.3, 0.4) is 0 Å². The lowest BCUT2D eigenvalue weighted by Crippen LogP contribution is -2.52. The Labute approximate surface area is 154 Å². The minimum Gasteiger partial charge on any atom is -0.331 e. The number of nitrogens with zero attached hydrogens (tertiary/aromatic N) is 3. The van der Waals surface area contributed by atoms with Crippen molar-refractivity contribution in [2.24, 2.45) is 5.41 Å². The van der Waals surface area contributed by atoms with Crippen LogP contribution in [0.2, 0.25) is 0 Å². The van der Waals surface area contributed by atoms with Crippen LogP contribution in [0.15, 0.2) is 18.2 Å². The lowest BCUT2D eigenvalue weighted by atomic mass is 9.66. The van der Waals surface area contributed by atoms with E-state index in [1.807, 2.05) is 20.0 Å². The molecule has 0 aliphatic heterocycles. The molecule has 1 aliphatic carbocycles. The number of rotatable bonds is 4. The van der Waals surface area contributed by atoms with Gasteiger partial charge in [-0.25, -0.2) is 18.7 Å². The van der Waals surface area contributed by atoms with E-state index in [1.165, 1.54) is 16.2 Å². The highest BCUT2D eigenvalue weighted by Gasteiger charge is 2.45. The van der Waals surface area contributed by atoms with Crippen molar-refractivity contribution in [3.63, 3.8) is 0 Å². The Morgan fingerprint density at radius 1 is 1.38 bits per heavy atom. The largest absolute Gasteiger partial charge is 0.331 e. The molecule has 5 nitrogen and oxygen atoms in total. The number of thiazole rings is 1. The van der Waals surface area contributed by atoms with Gasteiger partial charge in [0.15, 0.2) is 11.3 Å². The van der Waals surface area contributed by atoms with Crippen LogP contribution in [-0.2, 0) is 0 Å². The summed E-state index contributed by atoms with van der Waals surface area (Å²) in [4.78, 5) is 18.9. The Bertz CT molecular complexity index is 883. The van der Waals surface area contributed by atoms with Crippen molar-refractivity contribution in [2.45, 2.75) is 39.7 Å². The molecule has 0 bridgehead atoms. The molecule has 0 saturated heterocycles. The first-order valence-electron chi connectivity index (χ1n) is 8.15. The summed E-state index contributed by atoms with van der Waals surface area (Å²) in [5, 5.41) is 12.6. The highest BCUT2D eigenvalue weighted by atomic mass is 32.1. The molecule has 0 radical (unpaired) electrons.